The molecule has 0 spiro atoms. The van der Waals surface area contributed by atoms with Gasteiger partial charge in [-0.05, 0) is 37.9 Å². The zero-order valence-corrected chi connectivity index (χ0v) is 15.9. The predicted octanol–water partition coefficient (Wildman–Crippen LogP) is 2.97. The molecule has 0 saturated carbocycles. The van der Waals surface area contributed by atoms with Crippen LogP contribution in [0.15, 0.2) is 60.7 Å². The number of para-hydroxylation sites is 2. The van der Waals surface area contributed by atoms with E-state index in [1.54, 1.807) is 6.08 Å². The zero-order valence-electron chi connectivity index (χ0n) is 15.9. The van der Waals surface area contributed by atoms with Crippen LogP contribution in [0, 0.1) is 0 Å². The Balaban J connectivity index is 1.61. The third kappa shape index (κ3) is 5.28. The number of fused-ring (bicyclic) bond motifs is 1. The van der Waals surface area contributed by atoms with E-state index in [9.17, 15) is 4.79 Å². The van der Waals surface area contributed by atoms with E-state index in [0.29, 0.717) is 13.0 Å². The number of carbonyl (C=O) groups is 1. The molecule has 0 radical (unpaired) electrons. The molecule has 140 valence electrons. The number of carbonyl (C=O) groups excluding carboxylic acids is 1. The second kappa shape index (κ2) is 9.14. The summed E-state index contributed by atoms with van der Waals surface area (Å²) in [7, 11) is 4.14. The van der Waals surface area contributed by atoms with Crippen molar-refractivity contribution in [2.75, 3.05) is 27.2 Å². The van der Waals surface area contributed by atoms with Crippen LogP contribution in [0.2, 0.25) is 0 Å². The van der Waals surface area contributed by atoms with Crippen molar-refractivity contribution in [2.24, 2.45) is 0 Å². The quantitative estimate of drug-likeness (QED) is 0.627. The van der Waals surface area contributed by atoms with E-state index in [0.717, 1.165) is 35.5 Å². The van der Waals surface area contributed by atoms with Gasteiger partial charge in [-0.15, -0.1) is 0 Å². The summed E-state index contributed by atoms with van der Waals surface area (Å²) < 4.78 is 2.25. The molecule has 0 atom stereocenters. The first-order valence-corrected chi connectivity index (χ1v) is 9.23. The van der Waals surface area contributed by atoms with Crippen LogP contribution in [-0.2, 0) is 17.8 Å². The molecule has 0 bridgehead atoms. The Morgan fingerprint density at radius 1 is 1.11 bits per heavy atom. The number of benzene rings is 2. The van der Waals surface area contributed by atoms with Gasteiger partial charge < -0.3 is 14.8 Å². The van der Waals surface area contributed by atoms with Gasteiger partial charge in [0.2, 0.25) is 5.91 Å². The Hall–Kier alpha value is -2.92. The van der Waals surface area contributed by atoms with Crippen LogP contribution in [-0.4, -0.2) is 47.5 Å². The fourth-order valence-corrected chi connectivity index (χ4v) is 2.96. The number of hydrogen-bond acceptors (Lipinski definition) is 3. The Labute approximate surface area is 160 Å². The molecule has 1 N–H and O–H groups in total. The number of likely N-dealkylation sites (N-methyl/N-ethyl adjacent to an activating group) is 1. The van der Waals surface area contributed by atoms with Crippen LogP contribution in [0.25, 0.3) is 17.1 Å². The molecule has 3 rings (SSSR count). The van der Waals surface area contributed by atoms with Crippen LogP contribution < -0.4 is 5.32 Å². The van der Waals surface area contributed by atoms with Crippen molar-refractivity contribution < 1.29 is 4.79 Å². The summed E-state index contributed by atoms with van der Waals surface area (Å²) in [5.41, 5.74) is 3.16. The molecule has 0 aliphatic carbocycles. The van der Waals surface area contributed by atoms with Crippen molar-refractivity contribution >= 4 is 23.0 Å². The van der Waals surface area contributed by atoms with E-state index in [2.05, 4.69) is 34.9 Å². The van der Waals surface area contributed by atoms with Gasteiger partial charge in [-0.1, -0.05) is 42.5 Å². The van der Waals surface area contributed by atoms with Gasteiger partial charge in [-0.2, -0.15) is 0 Å². The normalized spacial score (nSPS) is 11.5. The second-order valence-electron chi connectivity index (χ2n) is 6.76. The molecule has 2 aromatic carbocycles. The summed E-state index contributed by atoms with van der Waals surface area (Å²) in [6.45, 7) is 2.38. The highest BCUT2D eigenvalue weighted by Crippen LogP contribution is 2.16. The molecule has 27 heavy (non-hydrogen) atoms. The van der Waals surface area contributed by atoms with Crippen molar-refractivity contribution in [1.29, 1.82) is 0 Å². The van der Waals surface area contributed by atoms with Crippen LogP contribution >= 0.6 is 0 Å². The van der Waals surface area contributed by atoms with Gasteiger partial charge in [0.25, 0.3) is 0 Å². The highest BCUT2D eigenvalue weighted by molar-refractivity contribution is 5.91. The molecule has 5 nitrogen and oxygen atoms in total. The lowest BCUT2D eigenvalue weighted by Gasteiger charge is -2.13. The summed E-state index contributed by atoms with van der Waals surface area (Å²) in [5.74, 6) is 0.917. The first-order chi connectivity index (χ1) is 13.1. The number of nitrogens with one attached hydrogen (secondary N) is 1. The van der Waals surface area contributed by atoms with E-state index in [-0.39, 0.29) is 5.91 Å². The lowest BCUT2D eigenvalue weighted by molar-refractivity contribution is -0.116. The van der Waals surface area contributed by atoms with Gasteiger partial charge in [0.05, 0.1) is 11.0 Å². The lowest BCUT2D eigenvalue weighted by atomic mass is 10.2. The summed E-state index contributed by atoms with van der Waals surface area (Å²) in [6.07, 6.45) is 4.10. The summed E-state index contributed by atoms with van der Waals surface area (Å²) >= 11 is 0. The molecular weight excluding hydrogens is 336 g/mol. The van der Waals surface area contributed by atoms with Gasteiger partial charge >= 0.3 is 0 Å². The molecule has 0 aliphatic rings. The van der Waals surface area contributed by atoms with E-state index in [4.69, 9.17) is 4.98 Å². The minimum absolute atomic E-state index is 0.0881. The minimum Gasteiger partial charge on any atom is -0.352 e. The number of amides is 1. The third-order valence-corrected chi connectivity index (χ3v) is 4.38. The van der Waals surface area contributed by atoms with Crippen molar-refractivity contribution in [3.8, 4) is 0 Å². The minimum atomic E-state index is -0.0881. The summed E-state index contributed by atoms with van der Waals surface area (Å²) in [5, 5.41) is 2.95. The van der Waals surface area contributed by atoms with Gasteiger partial charge in [0, 0.05) is 32.1 Å². The van der Waals surface area contributed by atoms with Crippen LogP contribution in [0.4, 0.5) is 0 Å². The Kier molecular flexibility index (Phi) is 6.39. The van der Waals surface area contributed by atoms with Crippen LogP contribution in [0.3, 0.4) is 0 Å². The standard InChI is InChI=1S/C22H26N4O/c1-25(2)16-17-26-20-11-7-6-10-19(20)24-21(26)14-15-23-22(27)13-12-18-8-4-3-5-9-18/h3-13H,14-17H2,1-2H3,(H,23,27)/b13-12+. The fraction of sp³-hybridized carbons (Fsp3) is 0.273. The van der Waals surface area contributed by atoms with Crippen molar-refractivity contribution in [3.63, 3.8) is 0 Å². The maximum absolute atomic E-state index is 12.0. The number of rotatable bonds is 8. The maximum Gasteiger partial charge on any atom is 0.244 e. The lowest BCUT2D eigenvalue weighted by Crippen LogP contribution is -2.25. The van der Waals surface area contributed by atoms with Gasteiger partial charge in [0.15, 0.2) is 0 Å². The SMILES string of the molecule is CN(C)CCn1c(CCNC(=O)/C=C/c2ccccc2)nc2ccccc21. The van der Waals surface area contributed by atoms with Gasteiger partial charge in [-0.25, -0.2) is 4.98 Å². The van der Waals surface area contributed by atoms with E-state index in [1.807, 2.05) is 54.6 Å². The van der Waals surface area contributed by atoms with Gasteiger partial charge in [-0.3, -0.25) is 4.79 Å². The summed E-state index contributed by atoms with van der Waals surface area (Å²) in [6, 6.07) is 18.0. The average Bonchev–Trinajstić information content (AvgIpc) is 3.03. The second-order valence-corrected chi connectivity index (χ2v) is 6.76. The number of hydrogen-bond donors (Lipinski definition) is 1. The first-order valence-electron chi connectivity index (χ1n) is 9.23. The van der Waals surface area contributed by atoms with Crippen molar-refractivity contribution in [1.82, 2.24) is 19.8 Å². The highest BCUT2D eigenvalue weighted by Gasteiger charge is 2.10. The predicted molar refractivity (Wildman–Crippen MR) is 110 cm³/mol. The Morgan fingerprint density at radius 3 is 2.63 bits per heavy atom. The van der Waals surface area contributed by atoms with Crippen LogP contribution in [0.1, 0.15) is 11.4 Å². The van der Waals surface area contributed by atoms with Gasteiger partial charge in [0.1, 0.15) is 5.82 Å². The first kappa shape index (κ1) is 18.9. The highest BCUT2D eigenvalue weighted by atomic mass is 16.1. The van der Waals surface area contributed by atoms with E-state index >= 15 is 0 Å². The fourth-order valence-electron chi connectivity index (χ4n) is 2.96. The van der Waals surface area contributed by atoms with Crippen LogP contribution in [0.5, 0.6) is 0 Å². The zero-order chi connectivity index (χ0) is 19.1. The molecule has 1 aromatic heterocycles. The average molecular weight is 362 g/mol. The number of imidazole rings is 1. The van der Waals surface area contributed by atoms with E-state index in [1.165, 1.54) is 0 Å². The monoisotopic (exact) mass is 362 g/mol. The largest absolute Gasteiger partial charge is 0.352 e. The molecule has 0 unspecified atom stereocenters. The molecule has 0 saturated heterocycles. The van der Waals surface area contributed by atoms with E-state index < -0.39 is 0 Å². The third-order valence-electron chi connectivity index (χ3n) is 4.38. The maximum atomic E-state index is 12.0. The molecule has 0 fully saturated rings. The topological polar surface area (TPSA) is 50.2 Å². The smallest absolute Gasteiger partial charge is 0.244 e. The molecule has 3 aromatic rings. The van der Waals surface area contributed by atoms with Crippen molar-refractivity contribution in [2.45, 2.75) is 13.0 Å². The molecular formula is C22H26N4O. The molecule has 1 heterocycles. The summed E-state index contributed by atoms with van der Waals surface area (Å²) in [4.78, 5) is 19.0. The Morgan fingerprint density at radius 2 is 1.85 bits per heavy atom. The molecule has 0 aliphatic heterocycles. The van der Waals surface area contributed by atoms with Crippen molar-refractivity contribution in [3.05, 3.63) is 72.1 Å². The number of nitrogens with zero attached hydrogens (tertiary/aromatic N) is 3. The molecule has 5 heteroatoms. The Bertz CT molecular complexity index is 912. The number of aromatic nitrogens is 2. The molecule has 1 amide bonds.